The molecule has 2 rings (SSSR count). The van der Waals surface area contributed by atoms with E-state index >= 15 is 0 Å². The van der Waals surface area contributed by atoms with Crippen LogP contribution in [0.15, 0.2) is 40.2 Å². The summed E-state index contributed by atoms with van der Waals surface area (Å²) in [6.45, 7) is 2.82. The van der Waals surface area contributed by atoms with Crippen LogP contribution in [0.5, 0.6) is 0 Å². The van der Waals surface area contributed by atoms with Crippen molar-refractivity contribution in [1.29, 1.82) is 0 Å². The zero-order valence-electron chi connectivity index (χ0n) is 11.5. The van der Waals surface area contributed by atoms with Crippen LogP contribution in [-0.4, -0.2) is 18.0 Å². The second-order valence-corrected chi connectivity index (χ2v) is 7.24. The topological polar surface area (TPSA) is 29.3 Å². The predicted octanol–water partition coefficient (Wildman–Crippen LogP) is 4.68. The predicted molar refractivity (Wildman–Crippen MR) is 91.3 cm³/mol. The maximum absolute atomic E-state index is 6.24. The summed E-state index contributed by atoms with van der Waals surface area (Å²) in [7, 11) is 2.09. The molecule has 0 spiro atoms. The van der Waals surface area contributed by atoms with E-state index in [1.54, 1.807) is 11.3 Å². The van der Waals surface area contributed by atoms with Gasteiger partial charge in [-0.05, 0) is 47.6 Å². The number of hydrogen-bond donors (Lipinski definition) is 1. The molecule has 0 radical (unpaired) electrons. The summed E-state index contributed by atoms with van der Waals surface area (Å²) >= 11 is 11.5. The van der Waals surface area contributed by atoms with E-state index in [-0.39, 0.29) is 12.1 Å². The van der Waals surface area contributed by atoms with Crippen molar-refractivity contribution in [2.45, 2.75) is 25.6 Å². The fourth-order valence-corrected chi connectivity index (χ4v) is 4.27. The minimum absolute atomic E-state index is 0.0491. The van der Waals surface area contributed by atoms with E-state index < -0.39 is 0 Å². The van der Waals surface area contributed by atoms with Crippen molar-refractivity contribution in [3.05, 3.63) is 55.6 Å². The van der Waals surface area contributed by atoms with Gasteiger partial charge in [0.25, 0.3) is 0 Å². The van der Waals surface area contributed by atoms with Gasteiger partial charge in [0.1, 0.15) is 0 Å². The minimum Gasteiger partial charge on any atom is -0.326 e. The molecular weight excluding hydrogens is 356 g/mol. The number of nitrogens with zero attached hydrogens (tertiary/aromatic N) is 1. The molecule has 0 saturated heterocycles. The molecule has 2 nitrogen and oxygen atoms in total. The number of rotatable bonds is 5. The summed E-state index contributed by atoms with van der Waals surface area (Å²) in [4.78, 5) is 3.52. The molecule has 2 unspecified atom stereocenters. The van der Waals surface area contributed by atoms with Crippen LogP contribution in [-0.2, 0) is 6.54 Å². The monoisotopic (exact) mass is 372 g/mol. The highest BCUT2D eigenvalue weighted by Gasteiger charge is 2.23. The van der Waals surface area contributed by atoms with Crippen molar-refractivity contribution in [1.82, 2.24) is 4.90 Å². The molecule has 5 heteroatoms. The number of nitrogens with two attached hydrogens (primary N) is 1. The highest BCUT2D eigenvalue weighted by Crippen LogP contribution is 2.32. The summed E-state index contributed by atoms with van der Waals surface area (Å²) in [5.41, 5.74) is 7.31. The van der Waals surface area contributed by atoms with Crippen LogP contribution in [0.3, 0.4) is 0 Å². The van der Waals surface area contributed by atoms with Gasteiger partial charge in [0, 0.05) is 32.3 Å². The van der Waals surface area contributed by atoms with Crippen molar-refractivity contribution in [3.8, 4) is 0 Å². The molecule has 0 fully saturated rings. The van der Waals surface area contributed by atoms with E-state index in [9.17, 15) is 0 Å². The van der Waals surface area contributed by atoms with Crippen molar-refractivity contribution in [2.24, 2.45) is 5.73 Å². The highest BCUT2D eigenvalue weighted by atomic mass is 79.9. The summed E-state index contributed by atoms with van der Waals surface area (Å²) in [6, 6.07) is 10.3. The Morgan fingerprint density at radius 2 is 2.10 bits per heavy atom. The smallest absolute Gasteiger partial charge is 0.0591 e. The summed E-state index contributed by atoms with van der Waals surface area (Å²) < 4.78 is 1.11. The lowest BCUT2D eigenvalue weighted by Crippen LogP contribution is -2.36. The zero-order valence-corrected chi connectivity index (χ0v) is 14.7. The summed E-state index contributed by atoms with van der Waals surface area (Å²) in [5, 5.41) is 2.89. The van der Waals surface area contributed by atoms with Gasteiger partial charge in [0.05, 0.1) is 6.04 Å². The summed E-state index contributed by atoms with van der Waals surface area (Å²) in [6.07, 6.45) is 0. The molecule has 1 heterocycles. The molecule has 2 aromatic rings. The maximum Gasteiger partial charge on any atom is 0.0591 e. The Labute approximate surface area is 137 Å². The molecule has 0 aliphatic heterocycles. The van der Waals surface area contributed by atoms with Crippen molar-refractivity contribution >= 4 is 38.9 Å². The number of hydrogen-bond acceptors (Lipinski definition) is 3. The maximum atomic E-state index is 6.24. The molecule has 1 aromatic carbocycles. The Bertz CT molecular complexity index is 571. The van der Waals surface area contributed by atoms with Gasteiger partial charge in [-0.1, -0.05) is 29.8 Å². The first-order chi connectivity index (χ1) is 9.49. The van der Waals surface area contributed by atoms with Crippen LogP contribution in [0.25, 0.3) is 0 Å². The third kappa shape index (κ3) is 3.83. The van der Waals surface area contributed by atoms with E-state index in [0.29, 0.717) is 0 Å². The third-order valence-electron chi connectivity index (χ3n) is 3.23. The quantitative estimate of drug-likeness (QED) is 0.824. The van der Waals surface area contributed by atoms with Crippen LogP contribution in [0.2, 0.25) is 5.02 Å². The van der Waals surface area contributed by atoms with E-state index in [4.69, 9.17) is 17.3 Å². The van der Waals surface area contributed by atoms with Gasteiger partial charge in [0.2, 0.25) is 0 Å². The Morgan fingerprint density at radius 1 is 1.40 bits per heavy atom. The molecule has 2 N–H and O–H groups in total. The van der Waals surface area contributed by atoms with E-state index in [2.05, 4.69) is 45.4 Å². The number of thiophene rings is 1. The Hall–Kier alpha value is -0.390. The molecule has 0 amide bonds. The van der Waals surface area contributed by atoms with Crippen LogP contribution in [0.4, 0.5) is 0 Å². The fraction of sp³-hybridized carbons (Fsp3) is 0.333. The molecular formula is C15H18BrClN2S. The SMILES string of the molecule is CC(N)C(c1cc(Br)cs1)N(C)Cc1ccccc1Cl. The number of benzene rings is 1. The number of halogens is 2. The molecule has 1 aromatic heterocycles. The van der Waals surface area contributed by atoms with Gasteiger partial charge in [-0.15, -0.1) is 11.3 Å². The van der Waals surface area contributed by atoms with Gasteiger partial charge in [0.15, 0.2) is 0 Å². The Kier molecular flexibility index (Phi) is 5.64. The number of likely N-dealkylation sites (N-methyl/N-ethyl adjacent to an activating group) is 1. The average Bonchev–Trinajstić information content (AvgIpc) is 2.78. The summed E-state index contributed by atoms with van der Waals surface area (Å²) in [5.74, 6) is 0. The lowest BCUT2D eigenvalue weighted by atomic mass is 10.1. The largest absolute Gasteiger partial charge is 0.326 e. The molecule has 2 atom stereocenters. The second kappa shape index (κ2) is 7.05. The van der Waals surface area contributed by atoms with Gasteiger partial charge in [-0.25, -0.2) is 0 Å². The van der Waals surface area contributed by atoms with Gasteiger partial charge < -0.3 is 5.73 Å². The standard InChI is InChI=1S/C15H18BrClN2S/c1-10(18)15(14-7-12(16)9-20-14)19(2)8-11-5-3-4-6-13(11)17/h3-7,9-10,15H,8,18H2,1-2H3. The van der Waals surface area contributed by atoms with Gasteiger partial charge >= 0.3 is 0 Å². The first-order valence-corrected chi connectivity index (χ1v) is 8.47. The minimum atomic E-state index is 0.0491. The fourth-order valence-electron chi connectivity index (χ4n) is 2.35. The Balaban J connectivity index is 2.20. The van der Waals surface area contributed by atoms with Gasteiger partial charge in [-0.3, -0.25) is 4.90 Å². The lowest BCUT2D eigenvalue weighted by molar-refractivity contribution is 0.214. The molecule has 20 heavy (non-hydrogen) atoms. The van der Waals surface area contributed by atoms with Crippen molar-refractivity contribution < 1.29 is 0 Å². The van der Waals surface area contributed by atoms with E-state index in [0.717, 1.165) is 21.6 Å². The Morgan fingerprint density at radius 3 is 2.65 bits per heavy atom. The van der Waals surface area contributed by atoms with Crippen LogP contribution < -0.4 is 5.73 Å². The van der Waals surface area contributed by atoms with Crippen LogP contribution in [0.1, 0.15) is 23.4 Å². The second-order valence-electron chi connectivity index (χ2n) is 4.98. The molecule has 108 valence electrons. The third-order valence-corrected chi connectivity index (χ3v) is 5.36. The highest BCUT2D eigenvalue weighted by molar-refractivity contribution is 9.10. The molecule has 0 aliphatic rings. The van der Waals surface area contributed by atoms with Gasteiger partial charge in [-0.2, -0.15) is 0 Å². The van der Waals surface area contributed by atoms with E-state index in [1.165, 1.54) is 4.88 Å². The molecule has 0 aliphatic carbocycles. The average molecular weight is 374 g/mol. The zero-order chi connectivity index (χ0) is 14.7. The van der Waals surface area contributed by atoms with E-state index in [1.807, 2.05) is 25.1 Å². The lowest BCUT2D eigenvalue weighted by Gasteiger charge is -2.30. The van der Waals surface area contributed by atoms with Crippen molar-refractivity contribution in [2.75, 3.05) is 7.05 Å². The first-order valence-electron chi connectivity index (χ1n) is 6.42. The first kappa shape index (κ1) is 16.0. The molecule has 0 bridgehead atoms. The van der Waals surface area contributed by atoms with Crippen molar-refractivity contribution in [3.63, 3.8) is 0 Å². The normalized spacial score (nSPS) is 14.5. The van der Waals surface area contributed by atoms with Crippen LogP contribution in [0, 0.1) is 0 Å². The molecule has 0 saturated carbocycles. The van der Waals surface area contributed by atoms with Crippen LogP contribution >= 0.6 is 38.9 Å².